The van der Waals surface area contributed by atoms with Crippen molar-refractivity contribution in [3.05, 3.63) is 23.8 Å². The molecule has 1 aromatic carbocycles. The molecule has 21 heavy (non-hydrogen) atoms. The van der Waals surface area contributed by atoms with Gasteiger partial charge in [-0.2, -0.15) is 0 Å². The summed E-state index contributed by atoms with van der Waals surface area (Å²) in [5, 5.41) is 21.2. The summed E-state index contributed by atoms with van der Waals surface area (Å²) in [5.74, 6) is -0.732. The Bertz CT molecular complexity index is 538. The number of aliphatic hydroxyl groups excluding tert-OH is 1. The molecule has 1 aromatic rings. The van der Waals surface area contributed by atoms with Crippen LogP contribution in [0.15, 0.2) is 18.2 Å². The van der Waals surface area contributed by atoms with Crippen molar-refractivity contribution in [1.29, 1.82) is 0 Å². The van der Waals surface area contributed by atoms with Crippen molar-refractivity contribution in [3.63, 3.8) is 0 Å². The van der Waals surface area contributed by atoms with Gasteiger partial charge >= 0.3 is 12.0 Å². The number of rotatable bonds is 3. The van der Waals surface area contributed by atoms with Gasteiger partial charge in [-0.3, -0.25) is 0 Å². The van der Waals surface area contributed by atoms with E-state index >= 15 is 0 Å². The Kier molecular flexibility index (Phi) is 4.64. The highest BCUT2D eigenvalue weighted by Gasteiger charge is 2.22. The van der Waals surface area contributed by atoms with Gasteiger partial charge in [-0.15, -0.1) is 0 Å². The van der Waals surface area contributed by atoms with E-state index in [4.69, 9.17) is 4.74 Å². The number of carbonyl (C=O) groups excluding carboxylic acids is 1. The van der Waals surface area contributed by atoms with Crippen molar-refractivity contribution >= 4 is 17.7 Å². The Balaban J connectivity index is 2.11. The molecule has 2 amide bonds. The van der Waals surface area contributed by atoms with E-state index in [1.807, 2.05) is 0 Å². The largest absolute Gasteiger partial charge is 0.497 e. The number of aliphatic hydroxyl groups is 1. The van der Waals surface area contributed by atoms with Gasteiger partial charge in [0.1, 0.15) is 5.75 Å². The molecule has 0 saturated carbocycles. The number of ether oxygens (including phenoxy) is 1. The summed E-state index contributed by atoms with van der Waals surface area (Å²) in [6.07, 6.45) is 0.688. The van der Waals surface area contributed by atoms with Crippen LogP contribution >= 0.6 is 0 Å². The Labute approximate surface area is 122 Å². The van der Waals surface area contributed by atoms with Gasteiger partial charge in [-0.05, 0) is 31.0 Å². The minimum Gasteiger partial charge on any atom is -0.497 e. The quantitative estimate of drug-likeness (QED) is 0.782. The summed E-state index contributed by atoms with van der Waals surface area (Å²) in [4.78, 5) is 24.9. The summed E-state index contributed by atoms with van der Waals surface area (Å²) in [7, 11) is 1.44. The van der Waals surface area contributed by atoms with Crippen LogP contribution in [-0.2, 0) is 0 Å². The molecule has 3 N–H and O–H groups in total. The fraction of sp³-hybridized carbons (Fsp3) is 0.429. The first-order valence-corrected chi connectivity index (χ1v) is 6.66. The highest BCUT2D eigenvalue weighted by molar-refractivity contribution is 6.00. The number of nitrogens with one attached hydrogen (secondary N) is 1. The normalized spacial score (nSPS) is 15.6. The number of aromatic carboxylic acids is 1. The van der Waals surface area contributed by atoms with Crippen molar-refractivity contribution in [2.75, 3.05) is 25.5 Å². The van der Waals surface area contributed by atoms with Crippen LogP contribution < -0.4 is 10.1 Å². The summed E-state index contributed by atoms with van der Waals surface area (Å²) in [6, 6.07) is 4.08. The first-order chi connectivity index (χ1) is 10.0. The molecule has 7 heteroatoms. The monoisotopic (exact) mass is 294 g/mol. The lowest BCUT2D eigenvalue weighted by Crippen LogP contribution is -2.42. The van der Waals surface area contributed by atoms with E-state index in [-0.39, 0.29) is 23.4 Å². The number of piperidine rings is 1. The standard InChI is InChI=1S/C14H18N2O5/c1-21-10-2-3-12(11(8-10)13(18)19)15-14(20)16-6-4-9(17)5-7-16/h2-3,8-9,17H,4-7H2,1H3,(H,15,20)(H,18,19). The van der Waals surface area contributed by atoms with Crippen molar-refractivity contribution in [2.45, 2.75) is 18.9 Å². The third kappa shape index (κ3) is 3.63. The molecule has 0 unspecified atom stereocenters. The summed E-state index contributed by atoms with van der Waals surface area (Å²) < 4.78 is 4.98. The molecule has 0 radical (unpaired) electrons. The number of methoxy groups -OCH3 is 1. The fourth-order valence-electron chi connectivity index (χ4n) is 2.20. The lowest BCUT2D eigenvalue weighted by atomic mass is 10.1. The number of anilines is 1. The highest BCUT2D eigenvalue weighted by Crippen LogP contribution is 2.23. The van der Waals surface area contributed by atoms with Crippen molar-refractivity contribution in [1.82, 2.24) is 4.90 Å². The molecule has 0 spiro atoms. The Hall–Kier alpha value is -2.28. The minimum absolute atomic E-state index is 0.0280. The zero-order chi connectivity index (χ0) is 15.4. The van der Waals surface area contributed by atoms with Crippen LogP contribution in [0.2, 0.25) is 0 Å². The first-order valence-electron chi connectivity index (χ1n) is 6.66. The van der Waals surface area contributed by atoms with E-state index in [0.29, 0.717) is 31.7 Å². The number of carbonyl (C=O) groups is 2. The topological polar surface area (TPSA) is 99.1 Å². The molecule has 0 bridgehead atoms. The molecular formula is C14H18N2O5. The number of hydrogen-bond acceptors (Lipinski definition) is 4. The number of benzene rings is 1. The van der Waals surface area contributed by atoms with Crippen LogP contribution in [0.4, 0.5) is 10.5 Å². The fourth-order valence-corrected chi connectivity index (χ4v) is 2.20. The van der Waals surface area contributed by atoms with Crippen LogP contribution in [-0.4, -0.2) is 53.4 Å². The average Bonchev–Trinajstić information content (AvgIpc) is 2.48. The first kappa shape index (κ1) is 15.1. The van der Waals surface area contributed by atoms with Crippen LogP contribution in [0.25, 0.3) is 0 Å². The Morgan fingerprint density at radius 2 is 2.00 bits per heavy atom. The zero-order valence-corrected chi connectivity index (χ0v) is 11.7. The lowest BCUT2D eigenvalue weighted by molar-refractivity contribution is 0.0697. The molecule has 0 atom stereocenters. The van der Waals surface area contributed by atoms with Gasteiger partial charge in [0.2, 0.25) is 0 Å². The third-order valence-electron chi connectivity index (χ3n) is 3.45. The number of nitrogens with zero attached hydrogens (tertiary/aromatic N) is 1. The van der Waals surface area contributed by atoms with Crippen LogP contribution in [0, 0.1) is 0 Å². The van der Waals surface area contributed by atoms with Gasteiger partial charge in [0.25, 0.3) is 0 Å². The SMILES string of the molecule is COc1ccc(NC(=O)N2CCC(O)CC2)c(C(=O)O)c1. The molecule has 1 saturated heterocycles. The molecule has 1 aliphatic heterocycles. The van der Waals surface area contributed by atoms with Gasteiger partial charge in [0.05, 0.1) is 24.5 Å². The maximum atomic E-state index is 12.1. The molecule has 114 valence electrons. The number of urea groups is 1. The smallest absolute Gasteiger partial charge is 0.337 e. The van der Waals surface area contributed by atoms with E-state index in [1.54, 1.807) is 11.0 Å². The van der Waals surface area contributed by atoms with E-state index in [9.17, 15) is 19.8 Å². The molecule has 0 aliphatic carbocycles. The maximum Gasteiger partial charge on any atom is 0.337 e. The second-order valence-electron chi connectivity index (χ2n) is 4.87. The Morgan fingerprint density at radius 3 is 2.57 bits per heavy atom. The van der Waals surface area contributed by atoms with Gasteiger partial charge < -0.3 is 25.2 Å². The molecule has 1 heterocycles. The zero-order valence-electron chi connectivity index (χ0n) is 11.7. The predicted molar refractivity (Wildman–Crippen MR) is 75.8 cm³/mol. The van der Waals surface area contributed by atoms with E-state index < -0.39 is 5.97 Å². The van der Waals surface area contributed by atoms with Gasteiger partial charge in [-0.1, -0.05) is 0 Å². The van der Waals surface area contributed by atoms with Gasteiger partial charge in [0, 0.05) is 13.1 Å². The van der Waals surface area contributed by atoms with E-state index in [1.165, 1.54) is 19.2 Å². The molecule has 7 nitrogen and oxygen atoms in total. The van der Waals surface area contributed by atoms with E-state index in [0.717, 1.165) is 0 Å². The highest BCUT2D eigenvalue weighted by atomic mass is 16.5. The van der Waals surface area contributed by atoms with Crippen LogP contribution in [0.3, 0.4) is 0 Å². The maximum absolute atomic E-state index is 12.1. The number of amides is 2. The molecule has 1 aliphatic rings. The number of carboxylic acids is 1. The third-order valence-corrected chi connectivity index (χ3v) is 3.45. The minimum atomic E-state index is -1.14. The van der Waals surface area contributed by atoms with E-state index in [2.05, 4.69) is 5.32 Å². The van der Waals surface area contributed by atoms with Crippen molar-refractivity contribution in [2.24, 2.45) is 0 Å². The second kappa shape index (κ2) is 6.45. The van der Waals surface area contributed by atoms with Crippen LogP contribution in [0.1, 0.15) is 23.2 Å². The van der Waals surface area contributed by atoms with Crippen molar-refractivity contribution < 1.29 is 24.5 Å². The number of likely N-dealkylation sites (tertiary alicyclic amines) is 1. The summed E-state index contributed by atoms with van der Waals surface area (Å²) in [6.45, 7) is 0.900. The average molecular weight is 294 g/mol. The van der Waals surface area contributed by atoms with Crippen LogP contribution in [0.5, 0.6) is 5.75 Å². The number of carboxylic acid groups (broad SMARTS) is 1. The molecular weight excluding hydrogens is 276 g/mol. The van der Waals surface area contributed by atoms with Gasteiger partial charge in [-0.25, -0.2) is 9.59 Å². The predicted octanol–water partition coefficient (Wildman–Crippen LogP) is 1.38. The second-order valence-corrected chi connectivity index (χ2v) is 4.87. The molecule has 1 fully saturated rings. The molecule has 0 aromatic heterocycles. The summed E-state index contributed by atoms with van der Waals surface area (Å²) >= 11 is 0. The Morgan fingerprint density at radius 1 is 1.33 bits per heavy atom. The molecule has 2 rings (SSSR count). The van der Waals surface area contributed by atoms with Crippen molar-refractivity contribution in [3.8, 4) is 5.75 Å². The summed E-state index contributed by atoms with van der Waals surface area (Å²) in [5.41, 5.74) is 0.194. The lowest BCUT2D eigenvalue weighted by Gasteiger charge is -2.29. The van der Waals surface area contributed by atoms with Gasteiger partial charge in [0.15, 0.2) is 0 Å². The number of hydrogen-bond donors (Lipinski definition) is 3.